The smallest absolute Gasteiger partial charge is 0.281 e. The Morgan fingerprint density at radius 2 is 1.89 bits per heavy atom. The van der Waals surface area contributed by atoms with Crippen molar-refractivity contribution in [2.75, 3.05) is 18.0 Å². The van der Waals surface area contributed by atoms with Gasteiger partial charge in [0, 0.05) is 32.0 Å². The number of aryl methyl sites for hydroxylation is 1. The highest BCUT2D eigenvalue weighted by Gasteiger charge is 2.54. The zero-order valence-corrected chi connectivity index (χ0v) is 21.7. The number of sulfonamides is 1. The summed E-state index contributed by atoms with van der Waals surface area (Å²) in [4.78, 5) is 19.6. The number of rotatable bonds is 7. The highest BCUT2D eigenvalue weighted by Crippen LogP contribution is 2.45. The number of piperidine rings is 1. The molecule has 2 heterocycles. The lowest BCUT2D eigenvalue weighted by Gasteiger charge is -2.31. The minimum absolute atomic E-state index is 0.0347. The first kappa shape index (κ1) is 25.0. The molecular weight excluding hydrogens is 476 g/mol. The number of hydrogen-bond acceptors (Lipinski definition) is 7. The summed E-state index contributed by atoms with van der Waals surface area (Å²) >= 11 is 0. The summed E-state index contributed by atoms with van der Waals surface area (Å²) in [5.41, 5.74) is 7.08. The standard InChI is InChI=1S/C27H36N4O4S/c1-19-12-13-22(20-7-3-2-4-8-20)23(17-19)35-27(14-15-27)26(32)30-36(33,34)25-11-5-10-24(29-25)31-16-6-9-21(28)18-31/h5,10-13,17,20-21H,2-4,6-9,14-16,18,28H2,1H3,(H,30,32). The van der Waals surface area contributed by atoms with Gasteiger partial charge < -0.3 is 15.4 Å². The van der Waals surface area contributed by atoms with E-state index < -0.39 is 21.5 Å². The van der Waals surface area contributed by atoms with E-state index in [1.54, 1.807) is 12.1 Å². The maximum absolute atomic E-state index is 13.3. The van der Waals surface area contributed by atoms with Crippen molar-refractivity contribution in [2.45, 2.75) is 87.3 Å². The molecule has 0 bridgehead atoms. The van der Waals surface area contributed by atoms with Crippen molar-refractivity contribution in [3.63, 3.8) is 0 Å². The van der Waals surface area contributed by atoms with Crippen LogP contribution in [-0.2, 0) is 14.8 Å². The van der Waals surface area contributed by atoms with Gasteiger partial charge in [0.1, 0.15) is 11.6 Å². The molecule has 1 atom stereocenters. The van der Waals surface area contributed by atoms with E-state index in [1.807, 2.05) is 17.9 Å². The molecule has 5 rings (SSSR count). The van der Waals surface area contributed by atoms with E-state index in [0.29, 0.717) is 36.9 Å². The Morgan fingerprint density at radius 3 is 2.61 bits per heavy atom. The second kappa shape index (κ2) is 10.0. The first-order chi connectivity index (χ1) is 17.3. The fourth-order valence-electron chi connectivity index (χ4n) is 5.40. The summed E-state index contributed by atoms with van der Waals surface area (Å²) in [7, 11) is -4.16. The van der Waals surface area contributed by atoms with E-state index in [4.69, 9.17) is 10.5 Å². The van der Waals surface area contributed by atoms with Crippen LogP contribution in [0.4, 0.5) is 5.82 Å². The van der Waals surface area contributed by atoms with Crippen LogP contribution in [0, 0.1) is 6.92 Å². The number of hydrogen-bond donors (Lipinski definition) is 2. The van der Waals surface area contributed by atoms with Crippen LogP contribution in [0.1, 0.15) is 74.8 Å². The zero-order chi connectivity index (χ0) is 25.3. The summed E-state index contributed by atoms with van der Waals surface area (Å²) in [6, 6.07) is 11.0. The summed E-state index contributed by atoms with van der Waals surface area (Å²) in [5.74, 6) is 1.03. The van der Waals surface area contributed by atoms with Gasteiger partial charge in [-0.1, -0.05) is 37.5 Å². The van der Waals surface area contributed by atoms with Crippen molar-refractivity contribution in [2.24, 2.45) is 5.73 Å². The van der Waals surface area contributed by atoms with Crippen LogP contribution in [0.5, 0.6) is 5.75 Å². The average molecular weight is 513 g/mol. The molecule has 2 aliphatic carbocycles. The maximum atomic E-state index is 13.3. The van der Waals surface area contributed by atoms with Crippen LogP contribution < -0.4 is 20.1 Å². The van der Waals surface area contributed by atoms with Crippen LogP contribution in [0.15, 0.2) is 41.4 Å². The van der Waals surface area contributed by atoms with Crippen LogP contribution in [0.25, 0.3) is 0 Å². The molecule has 2 aromatic rings. The number of nitrogens with one attached hydrogen (secondary N) is 1. The molecule has 0 radical (unpaired) electrons. The molecule has 2 saturated carbocycles. The molecule has 1 saturated heterocycles. The average Bonchev–Trinajstić information content (AvgIpc) is 3.65. The molecule has 36 heavy (non-hydrogen) atoms. The third-order valence-electron chi connectivity index (χ3n) is 7.63. The Hall–Kier alpha value is -2.65. The number of carbonyl (C=O) groups excluding carboxylic acids is 1. The van der Waals surface area contributed by atoms with Crippen molar-refractivity contribution in [3.05, 3.63) is 47.5 Å². The summed E-state index contributed by atoms with van der Waals surface area (Å²) in [6.07, 6.45) is 8.68. The molecule has 8 nitrogen and oxygen atoms in total. The number of pyridine rings is 1. The molecule has 1 aromatic carbocycles. The van der Waals surface area contributed by atoms with Gasteiger partial charge in [-0.05, 0) is 67.9 Å². The summed E-state index contributed by atoms with van der Waals surface area (Å²) in [6.45, 7) is 3.39. The topological polar surface area (TPSA) is 115 Å². The van der Waals surface area contributed by atoms with Crippen LogP contribution >= 0.6 is 0 Å². The minimum Gasteiger partial charge on any atom is -0.477 e. The molecule has 3 N–H and O–H groups in total. The van der Waals surface area contributed by atoms with Gasteiger partial charge in [0.2, 0.25) is 0 Å². The molecule has 1 unspecified atom stereocenters. The molecule has 0 spiro atoms. The predicted octanol–water partition coefficient (Wildman–Crippen LogP) is 3.78. The van der Waals surface area contributed by atoms with E-state index in [9.17, 15) is 13.2 Å². The van der Waals surface area contributed by atoms with Crippen molar-refractivity contribution in [3.8, 4) is 5.75 Å². The Bertz CT molecular complexity index is 1220. The molecular formula is C27H36N4O4S. The highest BCUT2D eigenvalue weighted by atomic mass is 32.2. The third kappa shape index (κ3) is 5.37. The first-order valence-corrected chi connectivity index (χ1v) is 14.6. The van der Waals surface area contributed by atoms with E-state index in [-0.39, 0.29) is 11.1 Å². The van der Waals surface area contributed by atoms with E-state index in [2.05, 4.69) is 21.8 Å². The van der Waals surface area contributed by atoms with Gasteiger partial charge in [-0.25, -0.2) is 9.71 Å². The third-order valence-corrected chi connectivity index (χ3v) is 8.86. The molecule has 1 aliphatic heterocycles. The second-order valence-corrected chi connectivity index (χ2v) is 12.2. The van der Waals surface area contributed by atoms with Crippen molar-refractivity contribution in [1.29, 1.82) is 0 Å². The lowest BCUT2D eigenvalue weighted by molar-refractivity contribution is -0.128. The molecule has 9 heteroatoms. The molecule has 3 fully saturated rings. The quantitative estimate of drug-likeness (QED) is 0.580. The Morgan fingerprint density at radius 1 is 1.11 bits per heavy atom. The summed E-state index contributed by atoms with van der Waals surface area (Å²) in [5, 5.41) is -0.179. The van der Waals surface area contributed by atoms with Crippen LogP contribution in [-0.4, -0.2) is 44.0 Å². The maximum Gasteiger partial charge on any atom is 0.281 e. The van der Waals surface area contributed by atoms with Crippen molar-refractivity contribution < 1.29 is 17.9 Å². The number of nitrogens with zero attached hydrogens (tertiary/aromatic N) is 2. The monoisotopic (exact) mass is 512 g/mol. The highest BCUT2D eigenvalue weighted by molar-refractivity contribution is 7.90. The van der Waals surface area contributed by atoms with Gasteiger partial charge in [-0.2, -0.15) is 8.42 Å². The Balaban J connectivity index is 1.32. The lowest BCUT2D eigenvalue weighted by atomic mass is 9.83. The first-order valence-electron chi connectivity index (χ1n) is 13.1. The van der Waals surface area contributed by atoms with Gasteiger partial charge in [-0.15, -0.1) is 0 Å². The SMILES string of the molecule is Cc1ccc(C2CCCCC2)c(OC2(C(=O)NS(=O)(=O)c3cccc(N4CCCC(N)C4)n3)CC2)c1. The number of ether oxygens (including phenoxy) is 1. The predicted molar refractivity (Wildman–Crippen MR) is 139 cm³/mol. The second-order valence-electron chi connectivity index (χ2n) is 10.6. The molecule has 1 aromatic heterocycles. The van der Waals surface area contributed by atoms with Crippen LogP contribution in [0.2, 0.25) is 0 Å². The van der Waals surface area contributed by atoms with Crippen LogP contribution in [0.3, 0.4) is 0 Å². The van der Waals surface area contributed by atoms with Gasteiger partial charge in [0.25, 0.3) is 15.9 Å². The van der Waals surface area contributed by atoms with E-state index >= 15 is 0 Å². The Kier molecular flexibility index (Phi) is 6.96. The molecule has 1 amide bonds. The van der Waals surface area contributed by atoms with Gasteiger partial charge in [0.05, 0.1) is 0 Å². The number of amides is 1. The van der Waals surface area contributed by atoms with Gasteiger partial charge in [0.15, 0.2) is 10.6 Å². The van der Waals surface area contributed by atoms with Crippen molar-refractivity contribution >= 4 is 21.7 Å². The number of nitrogens with two attached hydrogens (primary N) is 1. The lowest BCUT2D eigenvalue weighted by Crippen LogP contribution is -2.44. The van der Waals surface area contributed by atoms with E-state index in [1.165, 1.54) is 25.3 Å². The molecule has 3 aliphatic rings. The zero-order valence-electron chi connectivity index (χ0n) is 20.9. The normalized spacial score (nSPS) is 22.2. The minimum atomic E-state index is -4.16. The number of aromatic nitrogens is 1. The molecule has 194 valence electrons. The number of carbonyl (C=O) groups is 1. The largest absolute Gasteiger partial charge is 0.477 e. The number of benzene rings is 1. The Labute approximate surface area is 213 Å². The fraction of sp³-hybridized carbons (Fsp3) is 0.556. The van der Waals surface area contributed by atoms with Gasteiger partial charge in [-0.3, -0.25) is 4.79 Å². The van der Waals surface area contributed by atoms with E-state index in [0.717, 1.165) is 43.4 Å². The van der Waals surface area contributed by atoms with Gasteiger partial charge >= 0.3 is 0 Å². The summed E-state index contributed by atoms with van der Waals surface area (Å²) < 4.78 is 34.9. The number of anilines is 1. The van der Waals surface area contributed by atoms with Crippen molar-refractivity contribution in [1.82, 2.24) is 9.71 Å². The fourth-order valence-corrected chi connectivity index (χ4v) is 6.40.